The highest BCUT2D eigenvalue weighted by Crippen LogP contribution is 2.55. The van der Waals surface area contributed by atoms with Crippen molar-refractivity contribution < 1.29 is 9.47 Å². The number of hydrogen-bond acceptors (Lipinski definition) is 2. The van der Waals surface area contributed by atoms with Crippen molar-refractivity contribution in [1.82, 2.24) is 0 Å². The Morgan fingerprint density at radius 3 is 2.06 bits per heavy atom. The minimum absolute atomic E-state index is 0.829. The number of fused-ring (bicyclic) bond motifs is 7. The van der Waals surface area contributed by atoms with Crippen LogP contribution in [0.2, 0.25) is 0 Å². The van der Waals surface area contributed by atoms with Crippen LogP contribution < -0.4 is 25.4 Å². The van der Waals surface area contributed by atoms with Gasteiger partial charge in [0.05, 0.1) is 5.30 Å². The third kappa shape index (κ3) is 2.83. The van der Waals surface area contributed by atoms with Gasteiger partial charge in [0.2, 0.25) is 0 Å². The van der Waals surface area contributed by atoms with Crippen molar-refractivity contribution in [1.29, 1.82) is 0 Å². The Morgan fingerprint density at radius 1 is 0.528 bits per heavy atom. The van der Waals surface area contributed by atoms with Crippen LogP contribution in [0.3, 0.4) is 0 Å². The molecule has 0 radical (unpaired) electrons. The summed E-state index contributed by atoms with van der Waals surface area (Å²) in [5.74, 6) is 3.70. The maximum atomic E-state index is 6.68. The molecule has 2 aliphatic rings. The monoisotopic (exact) mass is 480 g/mol. The van der Waals surface area contributed by atoms with E-state index in [9.17, 15) is 0 Å². The molecule has 0 aromatic heterocycles. The van der Waals surface area contributed by atoms with E-state index < -0.39 is 7.92 Å². The molecule has 0 N–H and O–H groups in total. The van der Waals surface area contributed by atoms with Crippen molar-refractivity contribution in [3.8, 4) is 34.1 Å². The van der Waals surface area contributed by atoms with Gasteiger partial charge in [0.1, 0.15) is 23.0 Å². The highest BCUT2D eigenvalue weighted by Gasteiger charge is 2.38. The lowest BCUT2D eigenvalue weighted by Gasteiger charge is -2.35. The number of aryl methyl sites for hydroxylation is 1. The van der Waals surface area contributed by atoms with Crippen LogP contribution in [0.4, 0.5) is 0 Å². The molecule has 6 aromatic carbocycles. The van der Waals surface area contributed by atoms with E-state index in [1.807, 2.05) is 0 Å². The summed E-state index contributed by atoms with van der Waals surface area (Å²) >= 11 is 0. The lowest BCUT2D eigenvalue weighted by molar-refractivity contribution is 0.467. The summed E-state index contributed by atoms with van der Waals surface area (Å²) in [7, 11) is -0.829. The maximum absolute atomic E-state index is 6.68. The smallest absolute Gasteiger partial charge is 0.140 e. The van der Waals surface area contributed by atoms with Gasteiger partial charge in [-0.3, -0.25) is 0 Å². The van der Waals surface area contributed by atoms with Crippen molar-refractivity contribution >= 4 is 45.4 Å². The largest absolute Gasteiger partial charge is 0.456 e. The van der Waals surface area contributed by atoms with E-state index in [1.54, 1.807) is 0 Å². The molecule has 36 heavy (non-hydrogen) atoms. The second-order valence-electron chi connectivity index (χ2n) is 9.49. The molecular formula is C33H21O2P. The van der Waals surface area contributed by atoms with E-state index in [1.165, 1.54) is 48.6 Å². The number of hydrogen-bond donors (Lipinski definition) is 0. The first-order valence-electron chi connectivity index (χ1n) is 12.2. The Hall–Kier alpha value is -4.13. The van der Waals surface area contributed by atoms with Crippen LogP contribution in [0.15, 0.2) is 109 Å². The summed E-state index contributed by atoms with van der Waals surface area (Å²) in [6.07, 6.45) is 0. The number of benzene rings is 6. The van der Waals surface area contributed by atoms with Crippen LogP contribution in [0, 0.1) is 6.92 Å². The van der Waals surface area contributed by atoms with Gasteiger partial charge in [-0.25, -0.2) is 0 Å². The number of rotatable bonds is 1. The Bertz CT molecular complexity index is 1870. The highest BCUT2D eigenvalue weighted by molar-refractivity contribution is 7.81. The van der Waals surface area contributed by atoms with Crippen LogP contribution in [0.1, 0.15) is 5.56 Å². The summed E-state index contributed by atoms with van der Waals surface area (Å²) in [5, 5.41) is 8.65. The first kappa shape index (κ1) is 20.1. The minimum atomic E-state index is -0.829. The molecule has 2 nitrogen and oxygen atoms in total. The Balaban J connectivity index is 1.44. The molecule has 0 spiro atoms. The third-order valence-electron chi connectivity index (χ3n) is 7.25. The van der Waals surface area contributed by atoms with E-state index in [0.717, 1.165) is 28.6 Å². The second kappa shape index (κ2) is 7.43. The average Bonchev–Trinajstić information content (AvgIpc) is 2.92. The lowest BCUT2D eigenvalue weighted by Crippen LogP contribution is -2.32. The zero-order valence-electron chi connectivity index (χ0n) is 19.7. The summed E-state index contributed by atoms with van der Waals surface area (Å²) in [4.78, 5) is 0. The predicted octanol–water partition coefficient (Wildman–Crippen LogP) is 7.94. The van der Waals surface area contributed by atoms with Gasteiger partial charge in [0.15, 0.2) is 0 Å². The summed E-state index contributed by atoms with van der Waals surface area (Å²) in [6.45, 7) is 2.12. The first-order chi connectivity index (χ1) is 17.7. The molecule has 0 bridgehead atoms. The van der Waals surface area contributed by atoms with E-state index in [4.69, 9.17) is 9.47 Å². The van der Waals surface area contributed by atoms with E-state index in [-0.39, 0.29) is 0 Å². The van der Waals surface area contributed by atoms with Gasteiger partial charge in [-0.1, -0.05) is 78.9 Å². The zero-order chi connectivity index (χ0) is 23.8. The van der Waals surface area contributed by atoms with Gasteiger partial charge >= 0.3 is 0 Å². The predicted molar refractivity (Wildman–Crippen MR) is 150 cm³/mol. The Kier molecular flexibility index (Phi) is 4.15. The van der Waals surface area contributed by atoms with Crippen molar-refractivity contribution in [2.24, 2.45) is 0 Å². The van der Waals surface area contributed by atoms with Gasteiger partial charge in [0, 0.05) is 18.5 Å². The molecule has 6 aromatic rings. The topological polar surface area (TPSA) is 18.5 Å². The molecular weight excluding hydrogens is 459 g/mol. The fourth-order valence-corrected chi connectivity index (χ4v) is 8.32. The zero-order valence-corrected chi connectivity index (χ0v) is 20.6. The lowest BCUT2D eigenvalue weighted by atomic mass is 9.98. The second-order valence-corrected chi connectivity index (χ2v) is 11.5. The van der Waals surface area contributed by atoms with Crippen LogP contribution in [-0.2, 0) is 0 Å². The summed E-state index contributed by atoms with van der Waals surface area (Å²) in [6, 6.07) is 39.0. The van der Waals surface area contributed by atoms with Crippen LogP contribution >= 0.6 is 7.92 Å². The Morgan fingerprint density at radius 2 is 1.22 bits per heavy atom. The van der Waals surface area contributed by atoms with Crippen LogP contribution in [0.5, 0.6) is 23.0 Å². The maximum Gasteiger partial charge on any atom is 0.140 e. The van der Waals surface area contributed by atoms with Crippen LogP contribution in [0.25, 0.3) is 32.7 Å². The van der Waals surface area contributed by atoms with Gasteiger partial charge < -0.3 is 9.47 Å². The van der Waals surface area contributed by atoms with E-state index in [0.29, 0.717) is 0 Å². The first-order valence-corrected chi connectivity index (χ1v) is 13.5. The molecule has 0 amide bonds. The third-order valence-corrected chi connectivity index (χ3v) is 9.90. The molecule has 3 heteroatoms. The van der Waals surface area contributed by atoms with E-state index in [2.05, 4.69) is 116 Å². The van der Waals surface area contributed by atoms with Crippen molar-refractivity contribution in [3.05, 3.63) is 115 Å². The molecule has 0 saturated heterocycles. The quantitative estimate of drug-likeness (QED) is 0.222. The molecule has 0 fully saturated rings. The molecule has 1 unspecified atom stereocenters. The average molecular weight is 481 g/mol. The normalized spacial score (nSPS) is 15.0. The standard InChI is InChI=1S/C33H21O2P/c1-20-13-16-31-28(17-20)35-30-19-23(25-12-6-9-21-7-2-4-10-24(21)25)18-29-33(30)36(31)32-26-11-5-3-8-22(26)14-15-27(32)34-29/h2-19H,1H3. The van der Waals surface area contributed by atoms with Crippen LogP contribution in [-0.4, -0.2) is 0 Å². The van der Waals surface area contributed by atoms with Crippen molar-refractivity contribution in [2.45, 2.75) is 6.92 Å². The summed E-state index contributed by atoms with van der Waals surface area (Å²) < 4.78 is 13.3. The molecule has 2 aliphatic heterocycles. The molecule has 2 heterocycles. The Labute approximate surface area is 210 Å². The van der Waals surface area contributed by atoms with Gasteiger partial charge in [0.25, 0.3) is 0 Å². The van der Waals surface area contributed by atoms with Gasteiger partial charge in [-0.15, -0.1) is 0 Å². The molecule has 1 atom stereocenters. The minimum Gasteiger partial charge on any atom is -0.456 e. The molecule has 8 rings (SSSR count). The van der Waals surface area contributed by atoms with E-state index >= 15 is 0 Å². The van der Waals surface area contributed by atoms with Gasteiger partial charge in [-0.2, -0.15) is 0 Å². The SMILES string of the molecule is Cc1ccc2c(c1)Oc1cc(-c3cccc4ccccc34)cc3c1P2c1c(ccc2ccccc12)O3. The fraction of sp³-hybridized carbons (Fsp3) is 0.0303. The van der Waals surface area contributed by atoms with Crippen molar-refractivity contribution in [3.63, 3.8) is 0 Å². The molecule has 0 saturated carbocycles. The molecule has 170 valence electrons. The highest BCUT2D eigenvalue weighted by atomic mass is 31.1. The van der Waals surface area contributed by atoms with Crippen molar-refractivity contribution in [2.75, 3.05) is 0 Å². The summed E-state index contributed by atoms with van der Waals surface area (Å²) in [5.41, 5.74) is 3.49. The fourth-order valence-electron chi connectivity index (χ4n) is 5.62. The number of ether oxygens (including phenoxy) is 2. The molecule has 0 aliphatic carbocycles. The van der Waals surface area contributed by atoms with Gasteiger partial charge in [-0.05, 0) is 75.5 Å².